The van der Waals surface area contributed by atoms with E-state index in [1.165, 1.54) is 5.31 Å². The third kappa shape index (κ3) is 2.81. The number of rotatable bonds is 2. The molecule has 0 aliphatic rings. The highest BCUT2D eigenvalue weighted by atomic mass is 31.0. The van der Waals surface area contributed by atoms with Gasteiger partial charge in [0.25, 0.3) is 0 Å². The number of allylic oxidation sites excluding steroid dienone is 1. The zero-order chi connectivity index (χ0) is 8.10. The molecule has 1 aromatic heterocycles. The van der Waals surface area contributed by atoms with Gasteiger partial charge < -0.3 is 0 Å². The summed E-state index contributed by atoms with van der Waals surface area (Å²) in [6.45, 7) is 2.13. The van der Waals surface area contributed by atoms with Gasteiger partial charge in [-0.25, -0.2) is 0 Å². The molecule has 1 aromatic rings. The first-order chi connectivity index (χ1) is 5.33. The van der Waals surface area contributed by atoms with Crippen LogP contribution in [0.3, 0.4) is 0 Å². The van der Waals surface area contributed by atoms with Crippen LogP contribution in [-0.4, -0.2) is 4.98 Å². The van der Waals surface area contributed by atoms with Gasteiger partial charge in [-0.1, -0.05) is 18.3 Å². The average Bonchev–Trinajstić information content (AvgIpc) is 2.06. The van der Waals surface area contributed by atoms with Gasteiger partial charge in [0.15, 0.2) is 0 Å². The lowest BCUT2D eigenvalue weighted by molar-refractivity contribution is 1.20. The Balaban J connectivity index is 2.79. The summed E-state index contributed by atoms with van der Waals surface area (Å²) in [7, 11) is 2.70. The zero-order valence-corrected chi connectivity index (χ0v) is 7.77. The van der Waals surface area contributed by atoms with Crippen LogP contribution in [0.1, 0.15) is 19.0 Å². The number of hydrogen-bond acceptors (Lipinski definition) is 1. The summed E-state index contributed by atoms with van der Waals surface area (Å²) in [6, 6.07) is 5.91. The molecule has 58 valence electrons. The van der Waals surface area contributed by atoms with Crippen LogP contribution in [-0.2, 0) is 0 Å². The van der Waals surface area contributed by atoms with Gasteiger partial charge in [-0.2, -0.15) is 0 Å². The highest BCUT2D eigenvalue weighted by Gasteiger charge is 1.87. The fourth-order valence-corrected chi connectivity index (χ4v) is 0.924. The smallest absolute Gasteiger partial charge is 0.0632 e. The van der Waals surface area contributed by atoms with Crippen LogP contribution in [0.4, 0.5) is 0 Å². The fraction of sp³-hybridized carbons (Fsp3) is 0.222. The Bertz CT molecular complexity index is 241. The maximum Gasteiger partial charge on any atom is 0.0632 e. The third-order valence-corrected chi connectivity index (χ3v) is 2.00. The SMILES string of the molecule is CC/C(P)=C\c1ccccn1. The summed E-state index contributed by atoms with van der Waals surface area (Å²) in [5.41, 5.74) is 1.03. The Morgan fingerprint density at radius 3 is 3.00 bits per heavy atom. The molecule has 0 N–H and O–H groups in total. The van der Waals surface area contributed by atoms with Crippen molar-refractivity contribution in [3.63, 3.8) is 0 Å². The second kappa shape index (κ2) is 4.25. The summed E-state index contributed by atoms with van der Waals surface area (Å²) < 4.78 is 0. The monoisotopic (exact) mass is 165 g/mol. The van der Waals surface area contributed by atoms with E-state index in [1.54, 1.807) is 6.20 Å². The predicted molar refractivity (Wildman–Crippen MR) is 52.2 cm³/mol. The van der Waals surface area contributed by atoms with E-state index in [0.29, 0.717) is 0 Å². The van der Waals surface area contributed by atoms with E-state index in [-0.39, 0.29) is 0 Å². The van der Waals surface area contributed by atoms with Crippen molar-refractivity contribution in [2.45, 2.75) is 13.3 Å². The van der Waals surface area contributed by atoms with Gasteiger partial charge in [0, 0.05) is 6.20 Å². The molecule has 0 fully saturated rings. The molecule has 1 unspecified atom stereocenters. The van der Waals surface area contributed by atoms with Crippen molar-refractivity contribution >= 4 is 15.3 Å². The molecule has 11 heavy (non-hydrogen) atoms. The van der Waals surface area contributed by atoms with E-state index in [0.717, 1.165) is 12.1 Å². The van der Waals surface area contributed by atoms with E-state index >= 15 is 0 Å². The third-order valence-electron chi connectivity index (χ3n) is 1.43. The highest BCUT2D eigenvalue weighted by Crippen LogP contribution is 2.13. The Morgan fingerprint density at radius 1 is 1.64 bits per heavy atom. The maximum absolute atomic E-state index is 4.18. The lowest BCUT2D eigenvalue weighted by Gasteiger charge is -1.94. The molecule has 1 heterocycles. The van der Waals surface area contributed by atoms with Crippen LogP contribution in [0, 0.1) is 0 Å². The first kappa shape index (κ1) is 8.42. The molecule has 0 radical (unpaired) electrons. The van der Waals surface area contributed by atoms with Gasteiger partial charge in [0.05, 0.1) is 5.69 Å². The van der Waals surface area contributed by atoms with Crippen molar-refractivity contribution in [2.24, 2.45) is 0 Å². The molecule has 0 amide bonds. The lowest BCUT2D eigenvalue weighted by atomic mass is 10.3. The molecule has 1 rings (SSSR count). The quantitative estimate of drug-likeness (QED) is 0.614. The van der Waals surface area contributed by atoms with Crippen LogP contribution < -0.4 is 0 Å². The Labute approximate surface area is 69.8 Å². The first-order valence-electron chi connectivity index (χ1n) is 3.70. The fourth-order valence-electron chi connectivity index (χ4n) is 0.753. The van der Waals surface area contributed by atoms with Crippen molar-refractivity contribution in [1.82, 2.24) is 4.98 Å². The Morgan fingerprint density at radius 2 is 2.45 bits per heavy atom. The summed E-state index contributed by atoms with van der Waals surface area (Å²) in [4.78, 5) is 4.18. The Hall–Kier alpha value is -0.680. The van der Waals surface area contributed by atoms with Gasteiger partial charge in [0.2, 0.25) is 0 Å². The topological polar surface area (TPSA) is 12.9 Å². The molecule has 0 spiro atoms. The molecule has 0 saturated carbocycles. The van der Waals surface area contributed by atoms with Crippen molar-refractivity contribution in [3.8, 4) is 0 Å². The van der Waals surface area contributed by atoms with Crippen LogP contribution in [0.5, 0.6) is 0 Å². The molecule has 0 aliphatic heterocycles. The maximum atomic E-state index is 4.18. The van der Waals surface area contributed by atoms with Crippen molar-refractivity contribution in [3.05, 3.63) is 35.4 Å². The van der Waals surface area contributed by atoms with E-state index in [9.17, 15) is 0 Å². The van der Waals surface area contributed by atoms with E-state index < -0.39 is 0 Å². The van der Waals surface area contributed by atoms with Crippen LogP contribution >= 0.6 is 9.24 Å². The molecule has 0 aliphatic carbocycles. The number of nitrogens with zero attached hydrogens (tertiary/aromatic N) is 1. The molecule has 1 atom stereocenters. The van der Waals surface area contributed by atoms with E-state index in [2.05, 4.69) is 27.2 Å². The van der Waals surface area contributed by atoms with Crippen LogP contribution in [0.25, 0.3) is 6.08 Å². The van der Waals surface area contributed by atoms with Gasteiger partial charge in [-0.3, -0.25) is 4.98 Å². The highest BCUT2D eigenvalue weighted by molar-refractivity contribution is 7.22. The number of pyridine rings is 1. The summed E-state index contributed by atoms with van der Waals surface area (Å²) in [5, 5.41) is 1.28. The molecular weight excluding hydrogens is 153 g/mol. The van der Waals surface area contributed by atoms with Crippen LogP contribution in [0.2, 0.25) is 0 Å². The second-order valence-electron chi connectivity index (χ2n) is 2.33. The molecule has 2 heteroatoms. The van der Waals surface area contributed by atoms with Crippen molar-refractivity contribution in [2.75, 3.05) is 0 Å². The number of aromatic nitrogens is 1. The zero-order valence-electron chi connectivity index (χ0n) is 6.62. The standard InChI is InChI=1S/C9H12NP/c1-2-9(11)7-8-5-3-4-6-10-8/h3-7H,2,11H2,1H3/b9-7+. The normalized spacial score (nSPS) is 11.6. The van der Waals surface area contributed by atoms with E-state index in [4.69, 9.17) is 0 Å². The molecule has 1 nitrogen and oxygen atoms in total. The van der Waals surface area contributed by atoms with Gasteiger partial charge >= 0.3 is 0 Å². The lowest BCUT2D eigenvalue weighted by Crippen LogP contribution is -1.77. The molecule has 0 aromatic carbocycles. The number of hydrogen-bond donors (Lipinski definition) is 0. The first-order valence-corrected chi connectivity index (χ1v) is 4.27. The molecule has 0 bridgehead atoms. The summed E-state index contributed by atoms with van der Waals surface area (Å²) in [6.07, 6.45) is 4.94. The van der Waals surface area contributed by atoms with Crippen molar-refractivity contribution < 1.29 is 0 Å². The van der Waals surface area contributed by atoms with Crippen LogP contribution in [0.15, 0.2) is 29.7 Å². The minimum Gasteiger partial charge on any atom is -0.257 e. The second-order valence-corrected chi connectivity index (χ2v) is 3.07. The predicted octanol–water partition coefficient (Wildman–Crippen LogP) is 2.71. The minimum absolute atomic E-state index is 1.03. The van der Waals surface area contributed by atoms with E-state index in [1.807, 2.05) is 18.2 Å². The van der Waals surface area contributed by atoms with Gasteiger partial charge in [-0.15, -0.1) is 9.24 Å². The average molecular weight is 165 g/mol. The summed E-state index contributed by atoms with van der Waals surface area (Å²) in [5.74, 6) is 0. The van der Waals surface area contributed by atoms with Crippen molar-refractivity contribution in [1.29, 1.82) is 0 Å². The molecule has 0 saturated heterocycles. The largest absolute Gasteiger partial charge is 0.257 e. The molecular formula is C9H12NP. The Kier molecular flexibility index (Phi) is 3.25. The summed E-state index contributed by atoms with van der Waals surface area (Å²) >= 11 is 0. The van der Waals surface area contributed by atoms with Gasteiger partial charge in [-0.05, 0) is 24.6 Å². The van der Waals surface area contributed by atoms with Gasteiger partial charge in [0.1, 0.15) is 0 Å². The minimum atomic E-state index is 1.03.